The van der Waals surface area contributed by atoms with Crippen LogP contribution in [-0.2, 0) is 11.2 Å². The molecule has 1 aliphatic rings. The van der Waals surface area contributed by atoms with Gasteiger partial charge < -0.3 is 9.80 Å². The summed E-state index contributed by atoms with van der Waals surface area (Å²) in [6, 6.07) is 11.3. The van der Waals surface area contributed by atoms with Crippen LogP contribution in [0.2, 0.25) is 0 Å². The van der Waals surface area contributed by atoms with Crippen LogP contribution in [0.4, 0.5) is 5.69 Å². The normalized spacial score (nSPS) is 13.9. The summed E-state index contributed by atoms with van der Waals surface area (Å²) in [5, 5.41) is 3.80. The summed E-state index contributed by atoms with van der Waals surface area (Å²) in [5.41, 5.74) is 2.54. The lowest BCUT2D eigenvalue weighted by molar-refractivity contribution is -0.130. The SMILES string of the molecule is CC(=O)c1ccc(N2CCN(C(=O)Cc3csc(SCC(=O)c4cccs4)n3)CC2)cc1. The number of thioether (sulfide) groups is 1. The number of piperazine rings is 1. The van der Waals surface area contributed by atoms with E-state index >= 15 is 0 Å². The number of Topliss-reactive ketones (excluding diaryl/α,β-unsaturated/α-hetero) is 2. The second-order valence-electron chi connectivity index (χ2n) is 7.44. The van der Waals surface area contributed by atoms with Gasteiger partial charge in [-0.3, -0.25) is 14.4 Å². The maximum atomic E-state index is 12.7. The molecule has 1 aromatic carbocycles. The van der Waals surface area contributed by atoms with E-state index in [2.05, 4.69) is 9.88 Å². The number of benzene rings is 1. The lowest BCUT2D eigenvalue weighted by atomic mass is 10.1. The number of thiophene rings is 1. The van der Waals surface area contributed by atoms with Crippen molar-refractivity contribution in [3.63, 3.8) is 0 Å². The van der Waals surface area contributed by atoms with E-state index in [1.54, 1.807) is 6.92 Å². The highest BCUT2D eigenvalue weighted by molar-refractivity contribution is 8.01. The van der Waals surface area contributed by atoms with Crippen molar-refractivity contribution in [2.75, 3.05) is 36.8 Å². The number of anilines is 1. The first-order chi connectivity index (χ1) is 15.5. The lowest BCUT2D eigenvalue weighted by Gasteiger charge is -2.36. The Morgan fingerprint density at radius 2 is 1.78 bits per heavy atom. The molecular formula is C23H23N3O3S3. The Morgan fingerprint density at radius 3 is 2.44 bits per heavy atom. The van der Waals surface area contributed by atoms with E-state index in [4.69, 9.17) is 0 Å². The molecule has 0 bridgehead atoms. The Kier molecular flexibility index (Phi) is 7.39. The average Bonchev–Trinajstić information content (AvgIpc) is 3.50. The molecule has 0 saturated carbocycles. The first kappa shape index (κ1) is 22.7. The van der Waals surface area contributed by atoms with Crippen molar-refractivity contribution in [3.8, 4) is 0 Å². The van der Waals surface area contributed by atoms with Gasteiger partial charge in [-0.15, -0.1) is 22.7 Å². The molecule has 32 heavy (non-hydrogen) atoms. The first-order valence-corrected chi connectivity index (χ1v) is 13.0. The maximum Gasteiger partial charge on any atom is 0.228 e. The Hall–Kier alpha value is -2.49. The molecule has 0 radical (unpaired) electrons. The van der Waals surface area contributed by atoms with E-state index in [9.17, 15) is 14.4 Å². The van der Waals surface area contributed by atoms with Gasteiger partial charge in [0.1, 0.15) is 0 Å². The van der Waals surface area contributed by atoms with Crippen LogP contribution in [0.1, 0.15) is 32.6 Å². The zero-order chi connectivity index (χ0) is 22.5. The van der Waals surface area contributed by atoms with Crippen molar-refractivity contribution in [2.45, 2.75) is 17.7 Å². The van der Waals surface area contributed by atoms with Crippen LogP contribution < -0.4 is 4.90 Å². The number of aromatic nitrogens is 1. The van der Waals surface area contributed by atoms with Crippen molar-refractivity contribution in [1.82, 2.24) is 9.88 Å². The Balaban J connectivity index is 1.24. The number of hydrogen-bond donors (Lipinski definition) is 0. The van der Waals surface area contributed by atoms with Crippen LogP contribution in [0.5, 0.6) is 0 Å². The third kappa shape index (κ3) is 5.65. The second-order valence-corrected chi connectivity index (χ2v) is 10.5. The number of rotatable bonds is 8. The molecular weight excluding hydrogens is 462 g/mol. The fourth-order valence-electron chi connectivity index (χ4n) is 3.46. The minimum atomic E-state index is 0.0599. The minimum absolute atomic E-state index is 0.0599. The third-order valence-electron chi connectivity index (χ3n) is 5.26. The number of thiazole rings is 1. The van der Waals surface area contributed by atoms with E-state index in [0.29, 0.717) is 24.4 Å². The Bertz CT molecular complexity index is 1090. The van der Waals surface area contributed by atoms with E-state index in [1.165, 1.54) is 34.4 Å². The summed E-state index contributed by atoms with van der Waals surface area (Å²) in [4.78, 5) is 45.7. The molecule has 1 aliphatic heterocycles. The summed E-state index contributed by atoms with van der Waals surface area (Å²) in [6.07, 6.45) is 0.281. The molecule has 2 aromatic heterocycles. The quantitative estimate of drug-likeness (QED) is 0.351. The molecule has 6 nitrogen and oxygen atoms in total. The van der Waals surface area contributed by atoms with Gasteiger partial charge in [0.05, 0.1) is 22.7 Å². The number of ketones is 2. The molecule has 0 spiro atoms. The summed E-state index contributed by atoms with van der Waals surface area (Å²) in [7, 11) is 0. The molecule has 166 valence electrons. The van der Waals surface area contributed by atoms with Crippen LogP contribution in [0.25, 0.3) is 0 Å². The fourth-order valence-corrected chi connectivity index (χ4v) is 5.94. The molecule has 1 amide bonds. The van der Waals surface area contributed by atoms with E-state index in [1.807, 2.05) is 52.1 Å². The third-order valence-corrected chi connectivity index (χ3v) is 8.24. The number of hydrogen-bond acceptors (Lipinski definition) is 8. The molecule has 9 heteroatoms. The highest BCUT2D eigenvalue weighted by Crippen LogP contribution is 2.25. The first-order valence-electron chi connectivity index (χ1n) is 10.3. The predicted octanol–water partition coefficient (Wildman–Crippen LogP) is 4.27. The van der Waals surface area contributed by atoms with Crippen molar-refractivity contribution in [3.05, 3.63) is 63.3 Å². The number of amides is 1. The molecule has 0 unspecified atom stereocenters. The van der Waals surface area contributed by atoms with Gasteiger partial charge in [0.25, 0.3) is 0 Å². The predicted molar refractivity (Wildman–Crippen MR) is 130 cm³/mol. The van der Waals surface area contributed by atoms with Crippen LogP contribution in [-0.4, -0.2) is 59.3 Å². The Morgan fingerprint density at radius 1 is 1.03 bits per heavy atom. The van der Waals surface area contributed by atoms with Gasteiger partial charge in [-0.2, -0.15) is 0 Å². The van der Waals surface area contributed by atoms with Crippen LogP contribution in [0, 0.1) is 0 Å². The largest absolute Gasteiger partial charge is 0.368 e. The van der Waals surface area contributed by atoms with Crippen molar-refractivity contribution in [2.24, 2.45) is 0 Å². The summed E-state index contributed by atoms with van der Waals surface area (Å²) in [5.74, 6) is 0.598. The van der Waals surface area contributed by atoms with Gasteiger partial charge in [0, 0.05) is 42.8 Å². The fraction of sp³-hybridized carbons (Fsp3) is 0.304. The van der Waals surface area contributed by atoms with Crippen molar-refractivity contribution < 1.29 is 14.4 Å². The molecule has 3 aromatic rings. The van der Waals surface area contributed by atoms with Crippen LogP contribution in [0.3, 0.4) is 0 Å². The van der Waals surface area contributed by atoms with Gasteiger partial charge in [0.2, 0.25) is 5.91 Å². The van der Waals surface area contributed by atoms with Crippen LogP contribution >= 0.6 is 34.4 Å². The van der Waals surface area contributed by atoms with Gasteiger partial charge in [-0.1, -0.05) is 17.8 Å². The van der Waals surface area contributed by atoms with Gasteiger partial charge in [0.15, 0.2) is 15.9 Å². The van der Waals surface area contributed by atoms with E-state index in [0.717, 1.165) is 33.7 Å². The number of carbonyl (C=O) groups excluding carboxylic acids is 3. The van der Waals surface area contributed by atoms with Gasteiger partial charge in [-0.05, 0) is 42.6 Å². The molecule has 0 atom stereocenters. The van der Waals surface area contributed by atoms with Gasteiger partial charge >= 0.3 is 0 Å². The lowest BCUT2D eigenvalue weighted by Crippen LogP contribution is -2.49. The molecule has 0 N–H and O–H groups in total. The maximum absolute atomic E-state index is 12.7. The molecule has 4 rings (SSSR count). The van der Waals surface area contributed by atoms with Crippen molar-refractivity contribution in [1.29, 1.82) is 0 Å². The smallest absolute Gasteiger partial charge is 0.228 e. The molecule has 3 heterocycles. The summed E-state index contributed by atoms with van der Waals surface area (Å²) >= 11 is 4.35. The number of nitrogens with zero attached hydrogens (tertiary/aromatic N) is 3. The van der Waals surface area contributed by atoms with Crippen molar-refractivity contribution >= 4 is 57.6 Å². The highest BCUT2D eigenvalue weighted by Gasteiger charge is 2.22. The highest BCUT2D eigenvalue weighted by atomic mass is 32.2. The average molecular weight is 486 g/mol. The standard InChI is InChI=1S/C23H23N3O3S3/c1-16(27)17-4-6-19(7-5-17)25-8-10-26(11-9-25)22(29)13-18-14-31-23(24-18)32-15-20(28)21-3-2-12-30-21/h2-7,12,14H,8-11,13,15H2,1H3. The number of carbonyl (C=O) groups is 3. The van der Waals surface area contributed by atoms with E-state index in [-0.39, 0.29) is 23.9 Å². The van der Waals surface area contributed by atoms with Crippen LogP contribution in [0.15, 0.2) is 51.5 Å². The molecule has 1 saturated heterocycles. The van der Waals surface area contributed by atoms with E-state index < -0.39 is 0 Å². The molecule has 1 fully saturated rings. The minimum Gasteiger partial charge on any atom is -0.368 e. The summed E-state index contributed by atoms with van der Waals surface area (Å²) < 4.78 is 0.816. The summed E-state index contributed by atoms with van der Waals surface area (Å²) in [6.45, 7) is 4.40. The second kappa shape index (κ2) is 10.4. The molecule has 0 aliphatic carbocycles. The zero-order valence-electron chi connectivity index (χ0n) is 17.7. The Labute approximate surface area is 199 Å². The van der Waals surface area contributed by atoms with Gasteiger partial charge in [-0.25, -0.2) is 4.98 Å². The zero-order valence-corrected chi connectivity index (χ0v) is 20.1. The topological polar surface area (TPSA) is 70.6 Å². The monoisotopic (exact) mass is 485 g/mol.